The van der Waals surface area contributed by atoms with Gasteiger partial charge in [0.05, 0.1) is 10.4 Å². The number of pyridine rings is 1. The van der Waals surface area contributed by atoms with Gasteiger partial charge >= 0.3 is 0 Å². The number of hydrogen-bond acceptors (Lipinski definition) is 5. The van der Waals surface area contributed by atoms with Gasteiger partial charge in [0, 0.05) is 17.3 Å². The third-order valence-electron chi connectivity index (χ3n) is 3.74. The number of benzene rings is 1. The van der Waals surface area contributed by atoms with E-state index in [1.165, 1.54) is 10.8 Å². The standard InChI is InChI=1S/C17H16N4S2/c1-3-21-15(19-20-17(21)22-4-2)14-10-12-9-11-7-5-6-8-13(11)18-16(12)23-14/h5-10H,3-4H2,1-2H3. The summed E-state index contributed by atoms with van der Waals surface area (Å²) in [5.74, 6) is 1.94. The number of para-hydroxylation sites is 1. The highest BCUT2D eigenvalue weighted by Crippen LogP contribution is 2.34. The second-order valence-corrected chi connectivity index (χ2v) is 7.43. The Morgan fingerprint density at radius 2 is 1.96 bits per heavy atom. The molecule has 4 rings (SSSR count). The van der Waals surface area contributed by atoms with Crippen molar-refractivity contribution in [2.75, 3.05) is 5.75 Å². The summed E-state index contributed by atoms with van der Waals surface area (Å²) in [6.07, 6.45) is 0. The minimum atomic E-state index is 0.869. The van der Waals surface area contributed by atoms with Crippen molar-refractivity contribution in [2.24, 2.45) is 0 Å². The number of rotatable bonds is 4. The third-order valence-corrected chi connectivity index (χ3v) is 5.63. The van der Waals surface area contributed by atoms with E-state index in [1.807, 2.05) is 12.1 Å². The van der Waals surface area contributed by atoms with Crippen molar-refractivity contribution in [3.8, 4) is 10.7 Å². The molecule has 0 unspecified atom stereocenters. The minimum Gasteiger partial charge on any atom is -0.302 e. The van der Waals surface area contributed by atoms with Crippen molar-refractivity contribution in [3.63, 3.8) is 0 Å². The normalized spacial score (nSPS) is 11.6. The molecule has 1 aromatic carbocycles. The zero-order chi connectivity index (χ0) is 15.8. The molecule has 3 aromatic heterocycles. The Morgan fingerprint density at radius 3 is 2.78 bits per heavy atom. The summed E-state index contributed by atoms with van der Waals surface area (Å²) < 4.78 is 2.18. The summed E-state index contributed by atoms with van der Waals surface area (Å²) >= 11 is 3.41. The van der Waals surface area contributed by atoms with Crippen LogP contribution in [0.5, 0.6) is 0 Å². The number of fused-ring (bicyclic) bond motifs is 2. The molecule has 0 atom stereocenters. The molecule has 0 bridgehead atoms. The van der Waals surface area contributed by atoms with Crippen LogP contribution in [0.3, 0.4) is 0 Å². The Bertz CT molecular complexity index is 934. The Balaban J connectivity index is 1.87. The van der Waals surface area contributed by atoms with Gasteiger partial charge in [-0.2, -0.15) is 0 Å². The van der Waals surface area contributed by atoms with E-state index in [-0.39, 0.29) is 0 Å². The van der Waals surface area contributed by atoms with Gasteiger partial charge in [0.2, 0.25) is 0 Å². The lowest BCUT2D eigenvalue weighted by molar-refractivity contribution is 0.688. The molecular weight excluding hydrogens is 324 g/mol. The lowest BCUT2D eigenvalue weighted by Gasteiger charge is -2.04. The maximum absolute atomic E-state index is 4.78. The summed E-state index contributed by atoms with van der Waals surface area (Å²) in [5, 5.41) is 12.1. The average molecular weight is 340 g/mol. The predicted octanol–water partition coefficient (Wildman–Crippen LogP) is 4.84. The van der Waals surface area contributed by atoms with Crippen molar-refractivity contribution in [2.45, 2.75) is 25.5 Å². The molecular formula is C17H16N4S2. The van der Waals surface area contributed by atoms with Crippen LogP contribution >= 0.6 is 23.1 Å². The first-order valence-corrected chi connectivity index (χ1v) is 9.46. The van der Waals surface area contributed by atoms with E-state index in [0.29, 0.717) is 0 Å². The zero-order valence-electron chi connectivity index (χ0n) is 13.0. The van der Waals surface area contributed by atoms with Crippen LogP contribution in [0.1, 0.15) is 13.8 Å². The molecule has 3 heterocycles. The molecule has 0 saturated heterocycles. The molecule has 0 aliphatic rings. The second kappa shape index (κ2) is 5.94. The van der Waals surface area contributed by atoms with Crippen molar-refractivity contribution >= 4 is 44.2 Å². The van der Waals surface area contributed by atoms with Gasteiger partial charge in [0.25, 0.3) is 0 Å². The van der Waals surface area contributed by atoms with E-state index >= 15 is 0 Å². The summed E-state index contributed by atoms with van der Waals surface area (Å²) in [4.78, 5) is 6.95. The fourth-order valence-corrected chi connectivity index (χ4v) is 4.42. The van der Waals surface area contributed by atoms with E-state index in [0.717, 1.165) is 38.5 Å². The van der Waals surface area contributed by atoms with E-state index in [9.17, 15) is 0 Å². The molecule has 0 aliphatic carbocycles. The highest BCUT2D eigenvalue weighted by molar-refractivity contribution is 7.99. The van der Waals surface area contributed by atoms with Crippen LogP contribution in [0, 0.1) is 0 Å². The average Bonchev–Trinajstić information content (AvgIpc) is 3.15. The largest absolute Gasteiger partial charge is 0.302 e. The second-order valence-electron chi connectivity index (χ2n) is 5.17. The molecule has 116 valence electrons. The predicted molar refractivity (Wildman–Crippen MR) is 98.2 cm³/mol. The number of thioether (sulfide) groups is 1. The van der Waals surface area contributed by atoms with Gasteiger partial charge < -0.3 is 4.57 Å². The van der Waals surface area contributed by atoms with Crippen LogP contribution < -0.4 is 0 Å². The van der Waals surface area contributed by atoms with Gasteiger partial charge in [-0.15, -0.1) is 21.5 Å². The van der Waals surface area contributed by atoms with Gasteiger partial charge in [-0.05, 0) is 30.9 Å². The highest BCUT2D eigenvalue weighted by Gasteiger charge is 2.15. The molecule has 0 N–H and O–H groups in total. The van der Waals surface area contributed by atoms with Crippen LogP contribution in [0.2, 0.25) is 0 Å². The van der Waals surface area contributed by atoms with Crippen molar-refractivity contribution in [1.82, 2.24) is 19.7 Å². The fourth-order valence-electron chi connectivity index (χ4n) is 2.68. The quantitative estimate of drug-likeness (QED) is 0.499. The Morgan fingerprint density at radius 1 is 1.09 bits per heavy atom. The number of aromatic nitrogens is 4. The van der Waals surface area contributed by atoms with E-state index in [4.69, 9.17) is 4.98 Å². The van der Waals surface area contributed by atoms with Crippen molar-refractivity contribution < 1.29 is 0 Å². The smallest absolute Gasteiger partial charge is 0.191 e. The molecule has 0 radical (unpaired) electrons. The summed E-state index contributed by atoms with van der Waals surface area (Å²) in [5.41, 5.74) is 1.03. The summed E-state index contributed by atoms with van der Waals surface area (Å²) in [6.45, 7) is 5.13. The van der Waals surface area contributed by atoms with Crippen LogP contribution in [0.25, 0.3) is 31.8 Å². The van der Waals surface area contributed by atoms with Gasteiger partial charge in [-0.1, -0.05) is 36.9 Å². The first kappa shape index (κ1) is 14.7. The molecule has 0 saturated carbocycles. The van der Waals surface area contributed by atoms with Crippen molar-refractivity contribution in [3.05, 3.63) is 36.4 Å². The molecule has 4 aromatic rings. The van der Waals surface area contributed by atoms with Gasteiger partial charge in [0.1, 0.15) is 4.83 Å². The van der Waals surface area contributed by atoms with Crippen LogP contribution in [0.4, 0.5) is 0 Å². The lowest BCUT2D eigenvalue weighted by atomic mass is 10.2. The van der Waals surface area contributed by atoms with Gasteiger partial charge in [0.15, 0.2) is 11.0 Å². The maximum Gasteiger partial charge on any atom is 0.191 e. The molecule has 0 spiro atoms. The molecule has 4 nitrogen and oxygen atoms in total. The molecule has 0 amide bonds. The Hall–Kier alpha value is -1.92. The highest BCUT2D eigenvalue weighted by atomic mass is 32.2. The van der Waals surface area contributed by atoms with Crippen molar-refractivity contribution in [1.29, 1.82) is 0 Å². The van der Waals surface area contributed by atoms with Gasteiger partial charge in [-0.3, -0.25) is 0 Å². The van der Waals surface area contributed by atoms with E-state index in [2.05, 4.69) is 52.9 Å². The number of hydrogen-bond donors (Lipinski definition) is 0. The topological polar surface area (TPSA) is 43.6 Å². The molecule has 6 heteroatoms. The minimum absolute atomic E-state index is 0.869. The third kappa shape index (κ3) is 2.52. The number of nitrogens with zero attached hydrogens (tertiary/aromatic N) is 4. The SMILES string of the molecule is CCSc1nnc(-c2cc3cc4ccccc4nc3s2)n1CC. The van der Waals surface area contributed by atoms with Crippen LogP contribution in [0.15, 0.2) is 41.6 Å². The zero-order valence-corrected chi connectivity index (χ0v) is 14.6. The monoisotopic (exact) mass is 340 g/mol. The van der Waals surface area contributed by atoms with E-state index < -0.39 is 0 Å². The fraction of sp³-hybridized carbons (Fsp3) is 0.235. The Labute approximate surface area is 142 Å². The number of thiophene rings is 1. The first-order valence-electron chi connectivity index (χ1n) is 7.66. The maximum atomic E-state index is 4.78. The van der Waals surface area contributed by atoms with Gasteiger partial charge in [-0.25, -0.2) is 4.98 Å². The molecule has 0 fully saturated rings. The van der Waals surface area contributed by atoms with Crippen LogP contribution in [-0.2, 0) is 6.54 Å². The first-order chi connectivity index (χ1) is 11.3. The molecule has 0 aliphatic heterocycles. The Kier molecular flexibility index (Phi) is 3.79. The summed E-state index contributed by atoms with van der Waals surface area (Å²) in [6, 6.07) is 12.6. The molecule has 23 heavy (non-hydrogen) atoms. The van der Waals surface area contributed by atoms with E-state index in [1.54, 1.807) is 23.1 Å². The lowest BCUT2D eigenvalue weighted by Crippen LogP contribution is -1.98. The summed E-state index contributed by atoms with van der Waals surface area (Å²) in [7, 11) is 0. The van der Waals surface area contributed by atoms with Crippen LogP contribution in [-0.4, -0.2) is 25.5 Å².